The second-order valence-corrected chi connectivity index (χ2v) is 8.86. The van der Waals surface area contributed by atoms with Crippen molar-refractivity contribution in [1.82, 2.24) is 24.7 Å². The van der Waals surface area contributed by atoms with Crippen molar-refractivity contribution < 1.29 is 4.79 Å². The summed E-state index contributed by atoms with van der Waals surface area (Å²) in [6, 6.07) is 13.5. The predicted octanol–water partition coefficient (Wildman–Crippen LogP) is 4.90. The molecule has 33 heavy (non-hydrogen) atoms. The van der Waals surface area contributed by atoms with Crippen molar-refractivity contribution >= 4 is 23.3 Å². The molecule has 7 nitrogen and oxygen atoms in total. The molecule has 0 bridgehead atoms. The van der Waals surface area contributed by atoms with Gasteiger partial charge in [-0.2, -0.15) is 5.10 Å². The van der Waals surface area contributed by atoms with Crippen molar-refractivity contribution in [3.8, 4) is 17.1 Å². The summed E-state index contributed by atoms with van der Waals surface area (Å²) in [5.41, 5.74) is 5.39. The Morgan fingerprint density at radius 3 is 2.61 bits per heavy atom. The first-order valence-electron chi connectivity index (χ1n) is 10.8. The van der Waals surface area contributed by atoms with Gasteiger partial charge in [-0.3, -0.25) is 14.7 Å². The summed E-state index contributed by atoms with van der Waals surface area (Å²) in [5, 5.41) is 4.97. The second-order valence-electron chi connectivity index (χ2n) is 8.48. The third-order valence-electron chi connectivity index (χ3n) is 5.68. The Kier molecular flexibility index (Phi) is 5.42. The number of carbonyl (C=O) groups excluding carboxylic acids is 1. The predicted molar refractivity (Wildman–Crippen MR) is 128 cm³/mol. The van der Waals surface area contributed by atoms with Crippen molar-refractivity contribution in [2.45, 2.75) is 39.7 Å². The van der Waals surface area contributed by atoms with E-state index in [2.05, 4.69) is 28.9 Å². The number of hydrogen-bond acceptors (Lipinski definition) is 5. The van der Waals surface area contributed by atoms with E-state index < -0.39 is 0 Å². The van der Waals surface area contributed by atoms with Crippen LogP contribution in [0.5, 0.6) is 0 Å². The van der Waals surface area contributed by atoms with Gasteiger partial charge in [0.15, 0.2) is 5.82 Å². The summed E-state index contributed by atoms with van der Waals surface area (Å²) >= 11 is 6.26. The minimum absolute atomic E-state index is 0.0153. The van der Waals surface area contributed by atoms with Crippen molar-refractivity contribution in [1.29, 1.82) is 0 Å². The van der Waals surface area contributed by atoms with Crippen molar-refractivity contribution in [3.05, 3.63) is 82.5 Å². The topological polar surface area (TPSA) is 76.8 Å². The summed E-state index contributed by atoms with van der Waals surface area (Å²) in [7, 11) is 0. The largest absolute Gasteiger partial charge is 0.292 e. The van der Waals surface area contributed by atoms with E-state index in [1.165, 1.54) is 0 Å². The van der Waals surface area contributed by atoms with Gasteiger partial charge in [0.2, 0.25) is 5.91 Å². The van der Waals surface area contributed by atoms with E-state index in [9.17, 15) is 4.79 Å². The summed E-state index contributed by atoms with van der Waals surface area (Å²) in [5.74, 6) is 1.51. The van der Waals surface area contributed by atoms with Crippen molar-refractivity contribution in [2.24, 2.45) is 0 Å². The Morgan fingerprint density at radius 1 is 1.12 bits per heavy atom. The van der Waals surface area contributed by atoms with Gasteiger partial charge in [0.1, 0.15) is 11.0 Å². The van der Waals surface area contributed by atoms with E-state index >= 15 is 0 Å². The minimum Gasteiger partial charge on any atom is -0.292 e. The van der Waals surface area contributed by atoms with Gasteiger partial charge in [0.05, 0.1) is 30.0 Å². The van der Waals surface area contributed by atoms with Gasteiger partial charge in [-0.05, 0) is 48.7 Å². The van der Waals surface area contributed by atoms with Gasteiger partial charge in [0, 0.05) is 23.5 Å². The molecule has 0 saturated carbocycles. The van der Waals surface area contributed by atoms with Gasteiger partial charge in [-0.1, -0.05) is 37.6 Å². The van der Waals surface area contributed by atoms with E-state index in [0.717, 1.165) is 33.8 Å². The molecule has 4 aromatic rings. The Balaban J connectivity index is 1.44. The third-order valence-corrected chi connectivity index (χ3v) is 5.95. The van der Waals surface area contributed by atoms with E-state index in [1.54, 1.807) is 22.0 Å². The molecule has 1 aromatic carbocycles. The van der Waals surface area contributed by atoms with Gasteiger partial charge in [-0.15, -0.1) is 0 Å². The fourth-order valence-corrected chi connectivity index (χ4v) is 4.36. The minimum atomic E-state index is 0.0153. The average Bonchev–Trinajstić information content (AvgIpc) is 3.31. The molecule has 166 valence electrons. The van der Waals surface area contributed by atoms with Gasteiger partial charge >= 0.3 is 0 Å². The fraction of sp³-hybridized carbons (Fsp3) is 0.240. The van der Waals surface area contributed by atoms with Gasteiger partial charge in [-0.25, -0.2) is 14.6 Å². The lowest BCUT2D eigenvalue weighted by molar-refractivity contribution is -0.117. The highest BCUT2D eigenvalue weighted by atomic mass is 35.5. The zero-order valence-electron chi connectivity index (χ0n) is 18.7. The highest BCUT2D eigenvalue weighted by molar-refractivity contribution is 6.29. The standard InChI is InChI=1S/C25H23ClN6O/c1-15(2)23-20(5-4-10-27-23)24-28-13-18-12-22(33)31(25(18)29-24)14-17-6-8-19(9-7-17)32-21(26)11-16(3)30-32/h4-11,13,15H,12,14H2,1-3H3. The Hall–Kier alpha value is -3.58. The van der Waals surface area contributed by atoms with Gasteiger partial charge < -0.3 is 0 Å². The lowest BCUT2D eigenvalue weighted by Gasteiger charge is -2.18. The number of carbonyl (C=O) groups is 1. The number of nitrogens with zero attached hydrogens (tertiary/aromatic N) is 6. The molecule has 0 fully saturated rings. The molecular formula is C25H23ClN6O. The first-order valence-corrected chi connectivity index (χ1v) is 11.2. The van der Waals surface area contributed by atoms with Crippen LogP contribution in [-0.2, 0) is 17.8 Å². The molecule has 0 N–H and O–H groups in total. The van der Waals surface area contributed by atoms with E-state index in [-0.39, 0.29) is 11.8 Å². The Bertz CT molecular complexity index is 1350. The molecule has 5 rings (SSSR count). The van der Waals surface area contributed by atoms with E-state index in [0.29, 0.717) is 29.8 Å². The molecule has 0 spiro atoms. The number of pyridine rings is 1. The second kappa shape index (κ2) is 8.41. The number of aryl methyl sites for hydroxylation is 1. The number of benzene rings is 1. The third kappa shape index (κ3) is 4.00. The number of amides is 1. The van der Waals surface area contributed by atoms with Crippen LogP contribution >= 0.6 is 11.6 Å². The maximum absolute atomic E-state index is 12.8. The molecule has 3 aromatic heterocycles. The Morgan fingerprint density at radius 2 is 1.91 bits per heavy atom. The quantitative estimate of drug-likeness (QED) is 0.425. The molecular weight excluding hydrogens is 436 g/mol. The van der Waals surface area contributed by atoms with Crippen LogP contribution in [-0.4, -0.2) is 30.6 Å². The van der Waals surface area contributed by atoms with Crippen molar-refractivity contribution in [2.75, 3.05) is 4.90 Å². The van der Waals surface area contributed by atoms with Crippen LogP contribution in [0.25, 0.3) is 17.1 Å². The van der Waals surface area contributed by atoms with Crippen molar-refractivity contribution in [3.63, 3.8) is 0 Å². The number of anilines is 1. The highest BCUT2D eigenvalue weighted by Gasteiger charge is 2.30. The maximum atomic E-state index is 12.8. The van der Waals surface area contributed by atoms with Crippen LogP contribution in [0, 0.1) is 6.92 Å². The first kappa shape index (κ1) is 21.3. The summed E-state index contributed by atoms with van der Waals surface area (Å²) < 4.78 is 1.69. The molecule has 4 heterocycles. The number of hydrogen-bond donors (Lipinski definition) is 0. The molecule has 8 heteroatoms. The molecule has 1 amide bonds. The number of aromatic nitrogens is 5. The molecule has 0 saturated heterocycles. The van der Waals surface area contributed by atoms with Crippen LogP contribution in [0.15, 0.2) is 54.9 Å². The normalized spacial score (nSPS) is 13.1. The van der Waals surface area contributed by atoms with E-state index in [4.69, 9.17) is 16.6 Å². The van der Waals surface area contributed by atoms with Crippen LogP contribution < -0.4 is 4.90 Å². The van der Waals surface area contributed by atoms with Crippen LogP contribution in [0.1, 0.15) is 42.3 Å². The molecule has 0 atom stereocenters. The fourth-order valence-electron chi connectivity index (χ4n) is 4.07. The first-order chi connectivity index (χ1) is 15.9. The zero-order valence-corrected chi connectivity index (χ0v) is 19.4. The summed E-state index contributed by atoms with van der Waals surface area (Å²) in [4.78, 5) is 28.4. The molecule has 0 aliphatic carbocycles. The number of fused-ring (bicyclic) bond motifs is 1. The summed E-state index contributed by atoms with van der Waals surface area (Å²) in [6.45, 7) is 6.52. The number of rotatable bonds is 5. The Labute approximate surface area is 197 Å². The zero-order chi connectivity index (χ0) is 23.1. The van der Waals surface area contributed by atoms with Gasteiger partial charge in [0.25, 0.3) is 0 Å². The maximum Gasteiger partial charge on any atom is 0.233 e. The van der Waals surface area contributed by atoms with Crippen LogP contribution in [0.2, 0.25) is 5.15 Å². The van der Waals surface area contributed by atoms with Crippen LogP contribution in [0.3, 0.4) is 0 Å². The highest BCUT2D eigenvalue weighted by Crippen LogP contribution is 2.32. The summed E-state index contributed by atoms with van der Waals surface area (Å²) in [6.07, 6.45) is 3.85. The average molecular weight is 459 g/mol. The monoisotopic (exact) mass is 458 g/mol. The molecule has 0 unspecified atom stereocenters. The molecule has 1 aliphatic heterocycles. The molecule has 1 aliphatic rings. The SMILES string of the molecule is Cc1cc(Cl)n(-c2ccc(CN3C(=O)Cc4cnc(-c5cccnc5C(C)C)nc43)cc2)n1. The lowest BCUT2D eigenvalue weighted by Crippen LogP contribution is -2.26. The molecule has 0 radical (unpaired) electrons. The lowest BCUT2D eigenvalue weighted by atomic mass is 10.0. The number of halogens is 1. The smallest absolute Gasteiger partial charge is 0.233 e. The van der Waals surface area contributed by atoms with Crippen LogP contribution in [0.4, 0.5) is 5.82 Å². The van der Waals surface area contributed by atoms with E-state index in [1.807, 2.05) is 49.4 Å².